The van der Waals surface area contributed by atoms with Crippen LogP contribution in [0.3, 0.4) is 0 Å². The quantitative estimate of drug-likeness (QED) is 0.167. The summed E-state index contributed by atoms with van der Waals surface area (Å²) in [6.07, 6.45) is 0.165. The second kappa shape index (κ2) is 9.84. The van der Waals surface area contributed by atoms with Gasteiger partial charge in [0.1, 0.15) is 28.9 Å². The van der Waals surface area contributed by atoms with E-state index in [-0.39, 0.29) is 29.5 Å². The molecule has 13 heteroatoms. The van der Waals surface area contributed by atoms with E-state index in [4.69, 9.17) is 10.5 Å². The summed E-state index contributed by atoms with van der Waals surface area (Å²) in [7, 11) is 0. The van der Waals surface area contributed by atoms with Gasteiger partial charge in [-0.2, -0.15) is 0 Å². The van der Waals surface area contributed by atoms with Crippen LogP contribution in [-0.4, -0.2) is 67.3 Å². The largest absolute Gasteiger partial charge is 0.508 e. The molecule has 1 aromatic rings. The number of ether oxygens (including phenoxy) is 1. The van der Waals surface area contributed by atoms with Crippen LogP contribution in [0.1, 0.15) is 61.4 Å². The number of nitrogens with one attached hydrogen (secondary N) is 1. The van der Waals surface area contributed by atoms with Gasteiger partial charge in [-0.15, -0.1) is 0 Å². The number of Topliss-reactive ketones (excluding diaryl/α,β-unsaturated/α-hetero) is 3. The number of ketones is 3. The second-order valence-corrected chi connectivity index (χ2v) is 10.7. The minimum atomic E-state index is -3.08. The van der Waals surface area contributed by atoms with Crippen molar-refractivity contribution in [1.29, 1.82) is 0 Å². The Morgan fingerprint density at radius 3 is 2.34 bits per heavy atom. The third kappa shape index (κ3) is 4.02. The lowest BCUT2D eigenvalue weighted by Crippen LogP contribution is -2.65. The number of primary amides is 1. The van der Waals surface area contributed by atoms with Gasteiger partial charge < -0.3 is 36.2 Å². The SMILES string of the molecule is CCC(=O)O[C@H]1[C@@H]2C(=O)c3c(NC(=O)C4CCCC4)ccc(O)c3C(O)=C2C(=O)[C@]2(O)C(O)=C(C(N)=O)C(=O)C[C@H]12. The van der Waals surface area contributed by atoms with Gasteiger partial charge in [-0.1, -0.05) is 19.8 Å². The van der Waals surface area contributed by atoms with Crippen LogP contribution >= 0.6 is 0 Å². The Hall–Kier alpha value is -4.52. The van der Waals surface area contributed by atoms with Crippen molar-refractivity contribution in [2.75, 3.05) is 5.32 Å². The fourth-order valence-electron chi connectivity index (χ4n) is 6.40. The number of hydrogen-bond donors (Lipinski definition) is 6. The molecule has 0 spiro atoms. The molecule has 2 fully saturated rings. The van der Waals surface area contributed by atoms with Crippen molar-refractivity contribution in [2.24, 2.45) is 23.5 Å². The topological polar surface area (TPSA) is 231 Å². The number of esters is 1. The summed E-state index contributed by atoms with van der Waals surface area (Å²) in [6, 6.07) is 2.35. The number of benzene rings is 1. The number of carbonyl (C=O) groups excluding carboxylic acids is 6. The number of amides is 2. The van der Waals surface area contributed by atoms with Crippen LogP contribution in [0.5, 0.6) is 5.75 Å². The Morgan fingerprint density at radius 1 is 1.07 bits per heavy atom. The zero-order chi connectivity index (χ0) is 30.0. The summed E-state index contributed by atoms with van der Waals surface area (Å²) in [5.74, 6) is -13.0. The van der Waals surface area contributed by atoms with Crippen molar-refractivity contribution in [2.45, 2.75) is 57.2 Å². The summed E-state index contributed by atoms with van der Waals surface area (Å²) in [4.78, 5) is 78.1. The lowest BCUT2D eigenvalue weighted by Gasteiger charge is -2.49. The van der Waals surface area contributed by atoms with Crippen LogP contribution in [0, 0.1) is 17.8 Å². The van der Waals surface area contributed by atoms with Crippen molar-refractivity contribution < 1.29 is 53.9 Å². The molecule has 13 nitrogen and oxygen atoms in total. The zero-order valence-electron chi connectivity index (χ0n) is 21.9. The van der Waals surface area contributed by atoms with E-state index in [9.17, 15) is 49.2 Å². The highest BCUT2D eigenvalue weighted by atomic mass is 16.5. The first-order valence-electron chi connectivity index (χ1n) is 13.2. The predicted molar refractivity (Wildman–Crippen MR) is 138 cm³/mol. The normalized spacial score (nSPS) is 27.8. The average Bonchev–Trinajstić information content (AvgIpc) is 3.46. The van der Waals surface area contributed by atoms with Crippen LogP contribution in [-0.2, 0) is 28.7 Å². The van der Waals surface area contributed by atoms with Crippen LogP contribution in [0.2, 0.25) is 0 Å². The number of nitrogens with two attached hydrogens (primary N) is 1. The van der Waals surface area contributed by atoms with E-state index in [1.807, 2.05) is 0 Å². The highest BCUT2D eigenvalue weighted by Crippen LogP contribution is 2.53. The minimum absolute atomic E-state index is 0.0716. The van der Waals surface area contributed by atoms with Gasteiger partial charge in [-0.25, -0.2) is 0 Å². The molecule has 0 saturated heterocycles. The number of rotatable bonds is 5. The monoisotopic (exact) mass is 568 g/mol. The molecule has 0 bridgehead atoms. The molecule has 216 valence electrons. The maximum Gasteiger partial charge on any atom is 0.305 e. The van der Waals surface area contributed by atoms with Crippen molar-refractivity contribution in [3.8, 4) is 5.75 Å². The van der Waals surface area contributed by atoms with Crippen LogP contribution in [0.15, 0.2) is 29.0 Å². The van der Waals surface area contributed by atoms with Gasteiger partial charge in [0.15, 0.2) is 17.2 Å². The highest BCUT2D eigenvalue weighted by Gasteiger charge is 2.67. The first kappa shape index (κ1) is 28.0. The van der Waals surface area contributed by atoms with E-state index in [0.29, 0.717) is 12.8 Å². The molecule has 0 unspecified atom stereocenters. The number of aliphatic hydroxyl groups is 3. The Labute approximate surface area is 232 Å². The van der Waals surface area contributed by atoms with E-state index in [1.165, 1.54) is 13.0 Å². The molecule has 7 N–H and O–H groups in total. The molecule has 5 rings (SSSR count). The first-order valence-corrected chi connectivity index (χ1v) is 13.2. The third-order valence-electron chi connectivity index (χ3n) is 8.44. The summed E-state index contributed by atoms with van der Waals surface area (Å²) >= 11 is 0. The Bertz CT molecular complexity index is 1500. The van der Waals surface area contributed by atoms with E-state index in [2.05, 4.69) is 5.32 Å². The van der Waals surface area contributed by atoms with Crippen molar-refractivity contribution in [1.82, 2.24) is 0 Å². The Kier molecular flexibility index (Phi) is 6.72. The van der Waals surface area contributed by atoms with Gasteiger partial charge in [0, 0.05) is 24.7 Å². The van der Waals surface area contributed by atoms with Crippen molar-refractivity contribution in [3.05, 3.63) is 40.2 Å². The number of hydrogen-bond acceptors (Lipinski definition) is 11. The molecule has 41 heavy (non-hydrogen) atoms. The number of aliphatic hydroxyl groups excluding tert-OH is 2. The average molecular weight is 569 g/mol. The van der Waals surface area contributed by atoms with Gasteiger partial charge in [0.25, 0.3) is 5.91 Å². The predicted octanol–water partition coefficient (Wildman–Crippen LogP) is 1.12. The summed E-state index contributed by atoms with van der Waals surface area (Å²) in [5.41, 5.74) is -0.686. The van der Waals surface area contributed by atoms with Gasteiger partial charge >= 0.3 is 5.97 Å². The summed E-state index contributed by atoms with van der Waals surface area (Å²) in [5, 5.41) is 47.1. The fraction of sp³-hybridized carbons (Fsp3) is 0.429. The standard InChI is InChI=1S/C28H28N2O11/c1-2-15(33)41-23-11-9-14(32)18(26(29)38)24(36)28(11,40)25(37)20-19(23)21(34)16-12(7-8-13(31)17(16)22(20)35)30-27(39)10-5-3-4-6-10/h7-8,10-11,19,23,31,35-36,40H,2-6,9H2,1H3,(H2,29,38)(H,30,39)/t11-,19+,23-,28-/m1/s1. The number of phenols is 1. The van der Waals surface area contributed by atoms with Crippen molar-refractivity contribution in [3.63, 3.8) is 0 Å². The summed E-state index contributed by atoms with van der Waals surface area (Å²) < 4.78 is 5.48. The Morgan fingerprint density at radius 2 is 1.73 bits per heavy atom. The second-order valence-electron chi connectivity index (χ2n) is 10.7. The number of fused-ring (bicyclic) bond motifs is 3. The first-order chi connectivity index (χ1) is 19.3. The molecule has 2 saturated carbocycles. The number of aromatic hydroxyl groups is 1. The third-order valence-corrected chi connectivity index (χ3v) is 8.44. The maximum atomic E-state index is 14.1. The molecular formula is C28H28N2O11. The van der Waals surface area contributed by atoms with E-state index in [1.54, 1.807) is 0 Å². The number of anilines is 1. The molecule has 1 aromatic carbocycles. The van der Waals surface area contributed by atoms with Gasteiger partial charge in [0.05, 0.1) is 28.3 Å². The van der Waals surface area contributed by atoms with E-state index in [0.717, 1.165) is 18.9 Å². The van der Waals surface area contributed by atoms with Gasteiger partial charge in [-0.05, 0) is 25.0 Å². The van der Waals surface area contributed by atoms with E-state index >= 15 is 0 Å². The van der Waals surface area contributed by atoms with Gasteiger partial charge in [0.2, 0.25) is 11.7 Å². The molecule has 0 aromatic heterocycles. The lowest BCUT2D eigenvalue weighted by molar-refractivity contribution is -0.175. The number of carbonyl (C=O) groups is 6. The fourth-order valence-corrected chi connectivity index (χ4v) is 6.40. The van der Waals surface area contributed by atoms with Crippen LogP contribution in [0.25, 0.3) is 5.76 Å². The molecule has 2 amide bonds. The van der Waals surface area contributed by atoms with E-state index < -0.39 is 93.2 Å². The highest BCUT2D eigenvalue weighted by molar-refractivity contribution is 6.26. The smallest absolute Gasteiger partial charge is 0.305 e. The van der Waals surface area contributed by atoms with Gasteiger partial charge in [-0.3, -0.25) is 28.8 Å². The molecule has 0 heterocycles. The Balaban J connectivity index is 1.74. The number of phenolic OH excluding ortho intramolecular Hbond substituents is 1. The zero-order valence-corrected chi connectivity index (χ0v) is 21.9. The molecule has 4 aliphatic carbocycles. The maximum absolute atomic E-state index is 14.1. The van der Waals surface area contributed by atoms with Crippen LogP contribution < -0.4 is 11.1 Å². The molecular weight excluding hydrogens is 540 g/mol. The molecule has 0 radical (unpaired) electrons. The minimum Gasteiger partial charge on any atom is -0.508 e. The molecule has 4 atom stereocenters. The molecule has 0 aliphatic heterocycles. The lowest BCUT2D eigenvalue weighted by atomic mass is 9.57. The van der Waals surface area contributed by atoms with Crippen LogP contribution in [0.4, 0.5) is 5.69 Å². The molecule has 4 aliphatic rings. The summed E-state index contributed by atoms with van der Waals surface area (Å²) in [6.45, 7) is 1.43. The van der Waals surface area contributed by atoms with Crippen molar-refractivity contribution >= 4 is 46.6 Å².